The first-order chi connectivity index (χ1) is 6.93. The molecule has 1 atom stereocenters. The Morgan fingerprint density at radius 1 is 1.62 bits per heavy atom. The molecule has 0 saturated carbocycles. The zero-order chi connectivity index (χ0) is 11.6. The molecule has 1 aromatic carbocycles. The van der Waals surface area contributed by atoms with Gasteiger partial charge in [0, 0.05) is 16.1 Å². The second kappa shape index (κ2) is 6.23. The second-order valence-corrected chi connectivity index (χ2v) is 4.41. The van der Waals surface area contributed by atoms with Gasteiger partial charge in [-0.1, -0.05) is 21.5 Å². The van der Waals surface area contributed by atoms with Crippen molar-refractivity contribution in [3.8, 4) is 5.75 Å². The minimum absolute atomic E-state index is 0. The molecule has 3 N–H and O–H groups in total. The summed E-state index contributed by atoms with van der Waals surface area (Å²) in [6.45, 7) is 5.57. The molecule has 0 aliphatic heterocycles. The van der Waals surface area contributed by atoms with E-state index in [0.29, 0.717) is 16.5 Å². The summed E-state index contributed by atoms with van der Waals surface area (Å²) in [6.07, 6.45) is 0.510. The summed E-state index contributed by atoms with van der Waals surface area (Å²) < 4.78 is 13.7. The van der Waals surface area contributed by atoms with Crippen LogP contribution in [0.1, 0.15) is 24.9 Å². The number of phenols is 1. The molecule has 0 unspecified atom stereocenters. The summed E-state index contributed by atoms with van der Waals surface area (Å²) in [5.41, 5.74) is 7.12. The summed E-state index contributed by atoms with van der Waals surface area (Å²) in [5.74, 6) is -1.05. The number of halogens is 3. The van der Waals surface area contributed by atoms with Crippen molar-refractivity contribution in [2.75, 3.05) is 0 Å². The molecule has 90 valence electrons. The minimum atomic E-state index is -0.662. The topological polar surface area (TPSA) is 46.2 Å². The fraction of sp³-hybridized carbons (Fsp3) is 0.273. The van der Waals surface area contributed by atoms with Crippen molar-refractivity contribution in [1.29, 1.82) is 0 Å². The number of phenolic OH excluding ortho intramolecular Hbond substituents is 1. The van der Waals surface area contributed by atoms with E-state index in [4.69, 9.17) is 5.73 Å². The maximum atomic E-state index is 13.1. The highest BCUT2D eigenvalue weighted by molar-refractivity contribution is 9.10. The fourth-order valence-electron chi connectivity index (χ4n) is 1.39. The van der Waals surface area contributed by atoms with Crippen molar-refractivity contribution in [2.24, 2.45) is 5.73 Å². The van der Waals surface area contributed by atoms with Crippen LogP contribution in [0.2, 0.25) is 0 Å². The van der Waals surface area contributed by atoms with E-state index >= 15 is 0 Å². The van der Waals surface area contributed by atoms with Crippen LogP contribution in [0.4, 0.5) is 4.39 Å². The molecule has 2 nitrogen and oxygen atoms in total. The summed E-state index contributed by atoms with van der Waals surface area (Å²) >= 11 is 3.24. The lowest BCUT2D eigenvalue weighted by atomic mass is 10.0. The molecule has 1 rings (SSSR count). The van der Waals surface area contributed by atoms with Crippen LogP contribution in [0.25, 0.3) is 0 Å². The Hall–Kier alpha value is -0.580. The van der Waals surface area contributed by atoms with Gasteiger partial charge in [-0.05, 0) is 25.5 Å². The van der Waals surface area contributed by atoms with Gasteiger partial charge in [-0.25, -0.2) is 4.39 Å². The SMILES string of the molecule is C=C(C)C[C@@H](N)c1c(Br)ccc(F)c1O.Cl. The van der Waals surface area contributed by atoms with Crippen molar-refractivity contribution < 1.29 is 9.50 Å². The third-order valence-corrected chi connectivity index (χ3v) is 2.75. The van der Waals surface area contributed by atoms with Crippen LogP contribution in [-0.2, 0) is 0 Å². The highest BCUT2D eigenvalue weighted by Gasteiger charge is 2.17. The predicted molar refractivity (Wildman–Crippen MR) is 69.4 cm³/mol. The molecule has 0 heterocycles. The van der Waals surface area contributed by atoms with E-state index in [1.165, 1.54) is 12.1 Å². The molecule has 0 aromatic heterocycles. The van der Waals surface area contributed by atoms with Crippen LogP contribution in [0.15, 0.2) is 28.8 Å². The van der Waals surface area contributed by atoms with Crippen LogP contribution in [-0.4, -0.2) is 5.11 Å². The molecule has 16 heavy (non-hydrogen) atoms. The molecule has 0 spiro atoms. The number of aromatic hydroxyl groups is 1. The maximum absolute atomic E-state index is 13.1. The molecule has 0 bridgehead atoms. The second-order valence-electron chi connectivity index (χ2n) is 3.56. The normalized spacial score (nSPS) is 11.8. The summed E-state index contributed by atoms with van der Waals surface area (Å²) in [6, 6.07) is 2.27. The third kappa shape index (κ3) is 3.47. The molecule has 5 heteroatoms. The standard InChI is InChI=1S/C11H13BrFNO.ClH/c1-6(2)5-9(14)10-7(12)3-4-8(13)11(10)15;/h3-4,9,15H,1,5,14H2,2H3;1H/t9-;/m1./s1. The summed E-state index contributed by atoms with van der Waals surface area (Å²) in [5, 5.41) is 9.55. The van der Waals surface area contributed by atoms with Crippen molar-refractivity contribution in [3.63, 3.8) is 0 Å². The molecule has 0 saturated heterocycles. The molecule has 1 aromatic rings. The van der Waals surface area contributed by atoms with Gasteiger partial charge < -0.3 is 10.8 Å². The zero-order valence-corrected chi connectivity index (χ0v) is 11.2. The summed E-state index contributed by atoms with van der Waals surface area (Å²) in [7, 11) is 0. The van der Waals surface area contributed by atoms with Crippen molar-refractivity contribution in [3.05, 3.63) is 40.1 Å². The van der Waals surface area contributed by atoms with Gasteiger partial charge in [0.1, 0.15) is 0 Å². The first-order valence-corrected chi connectivity index (χ1v) is 5.29. The molecular formula is C11H14BrClFNO. The molecule has 0 aliphatic rings. The Morgan fingerprint density at radius 3 is 2.69 bits per heavy atom. The number of rotatable bonds is 3. The lowest BCUT2D eigenvalue weighted by Crippen LogP contribution is -2.12. The average Bonchev–Trinajstić information content (AvgIpc) is 2.11. The largest absolute Gasteiger partial charge is 0.505 e. The Labute approximate surface area is 109 Å². The fourth-order valence-corrected chi connectivity index (χ4v) is 2.00. The van der Waals surface area contributed by atoms with E-state index in [0.717, 1.165) is 5.57 Å². The average molecular weight is 311 g/mol. The van der Waals surface area contributed by atoms with Gasteiger partial charge in [-0.15, -0.1) is 19.0 Å². The van der Waals surface area contributed by atoms with Gasteiger partial charge in [0.05, 0.1) is 0 Å². The van der Waals surface area contributed by atoms with Crippen molar-refractivity contribution >= 4 is 28.3 Å². The van der Waals surface area contributed by atoms with E-state index in [2.05, 4.69) is 22.5 Å². The van der Waals surface area contributed by atoms with Crippen LogP contribution >= 0.6 is 28.3 Å². The van der Waals surface area contributed by atoms with Gasteiger partial charge >= 0.3 is 0 Å². The Balaban J connectivity index is 0.00000225. The van der Waals surface area contributed by atoms with Gasteiger partial charge in [0.25, 0.3) is 0 Å². The van der Waals surface area contributed by atoms with Crippen LogP contribution < -0.4 is 5.73 Å². The van der Waals surface area contributed by atoms with E-state index in [9.17, 15) is 9.50 Å². The Bertz CT molecular complexity index is 398. The molecular weight excluding hydrogens is 296 g/mol. The lowest BCUT2D eigenvalue weighted by Gasteiger charge is -2.15. The monoisotopic (exact) mass is 309 g/mol. The first kappa shape index (κ1) is 15.4. The molecule has 0 aliphatic carbocycles. The zero-order valence-electron chi connectivity index (χ0n) is 8.84. The Morgan fingerprint density at radius 2 is 2.19 bits per heavy atom. The highest BCUT2D eigenvalue weighted by atomic mass is 79.9. The smallest absolute Gasteiger partial charge is 0.165 e. The number of nitrogens with two attached hydrogens (primary N) is 1. The lowest BCUT2D eigenvalue weighted by molar-refractivity contribution is 0.419. The van der Waals surface area contributed by atoms with Crippen LogP contribution in [0.3, 0.4) is 0 Å². The number of benzene rings is 1. The van der Waals surface area contributed by atoms with Gasteiger partial charge in [-0.2, -0.15) is 0 Å². The van der Waals surface area contributed by atoms with E-state index in [-0.39, 0.29) is 12.4 Å². The van der Waals surface area contributed by atoms with Gasteiger partial charge in [0.2, 0.25) is 0 Å². The third-order valence-electron chi connectivity index (χ3n) is 2.05. The van der Waals surface area contributed by atoms with Crippen molar-refractivity contribution in [2.45, 2.75) is 19.4 Å². The predicted octanol–water partition coefficient (Wildman–Crippen LogP) is 3.68. The number of hydrogen-bond acceptors (Lipinski definition) is 2. The quantitative estimate of drug-likeness (QED) is 0.837. The van der Waals surface area contributed by atoms with E-state index in [1.807, 2.05) is 6.92 Å². The van der Waals surface area contributed by atoms with Crippen molar-refractivity contribution in [1.82, 2.24) is 0 Å². The van der Waals surface area contributed by atoms with Gasteiger partial charge in [0.15, 0.2) is 11.6 Å². The van der Waals surface area contributed by atoms with E-state index in [1.54, 1.807) is 0 Å². The maximum Gasteiger partial charge on any atom is 0.165 e. The van der Waals surface area contributed by atoms with Crippen LogP contribution in [0, 0.1) is 5.82 Å². The molecule has 0 radical (unpaired) electrons. The minimum Gasteiger partial charge on any atom is -0.505 e. The highest BCUT2D eigenvalue weighted by Crippen LogP contribution is 2.34. The van der Waals surface area contributed by atoms with Crippen LogP contribution in [0.5, 0.6) is 5.75 Å². The Kier molecular flexibility index (Phi) is 6.00. The molecule has 0 fully saturated rings. The number of hydrogen-bond donors (Lipinski definition) is 2. The summed E-state index contributed by atoms with van der Waals surface area (Å²) in [4.78, 5) is 0. The first-order valence-electron chi connectivity index (χ1n) is 4.50. The van der Waals surface area contributed by atoms with Gasteiger partial charge in [-0.3, -0.25) is 0 Å². The van der Waals surface area contributed by atoms with E-state index < -0.39 is 17.6 Å². The molecule has 0 amide bonds.